The smallest absolute Gasteiger partial charge is 0.270 e. The fourth-order valence-corrected chi connectivity index (χ4v) is 5.81. The summed E-state index contributed by atoms with van der Waals surface area (Å²) in [6, 6.07) is 4.56. The van der Waals surface area contributed by atoms with Crippen LogP contribution in [-0.2, 0) is 26.8 Å². The average molecular weight is 495 g/mol. The third-order valence-electron chi connectivity index (χ3n) is 7.92. The lowest BCUT2D eigenvalue weighted by molar-refractivity contribution is -0.124. The summed E-state index contributed by atoms with van der Waals surface area (Å²) in [5, 5.41) is 12.9. The highest BCUT2D eigenvalue weighted by atomic mass is 16.5. The van der Waals surface area contributed by atoms with Crippen LogP contribution in [0.4, 0.5) is 11.6 Å². The van der Waals surface area contributed by atoms with Crippen LogP contribution in [0.1, 0.15) is 73.8 Å². The SMILES string of the molecule is Cn1nccc1C(=O)NC(C(=O)Nc1ccc2c(n1)NC(=O)C21CCOCC1)C1CCCCCCC1. The highest BCUT2D eigenvalue weighted by Gasteiger charge is 2.48. The minimum Gasteiger partial charge on any atom is -0.381 e. The molecule has 2 aromatic rings. The van der Waals surface area contributed by atoms with Gasteiger partial charge in [0.25, 0.3) is 5.91 Å². The highest BCUT2D eigenvalue weighted by molar-refractivity contribution is 6.06. The monoisotopic (exact) mass is 494 g/mol. The van der Waals surface area contributed by atoms with Gasteiger partial charge in [-0.25, -0.2) is 4.98 Å². The molecule has 3 aliphatic rings. The molecule has 10 heteroatoms. The van der Waals surface area contributed by atoms with Crippen molar-refractivity contribution in [2.45, 2.75) is 69.2 Å². The van der Waals surface area contributed by atoms with Gasteiger partial charge in [-0.1, -0.05) is 38.2 Å². The number of nitrogens with zero attached hydrogens (tertiary/aromatic N) is 3. The third-order valence-corrected chi connectivity index (χ3v) is 7.92. The summed E-state index contributed by atoms with van der Waals surface area (Å²) in [4.78, 5) is 44.0. The van der Waals surface area contributed by atoms with Gasteiger partial charge in [-0.15, -0.1) is 0 Å². The van der Waals surface area contributed by atoms with Gasteiger partial charge in [-0.3, -0.25) is 19.1 Å². The number of fused-ring (bicyclic) bond motifs is 2. The summed E-state index contributed by atoms with van der Waals surface area (Å²) in [7, 11) is 1.70. The molecule has 36 heavy (non-hydrogen) atoms. The summed E-state index contributed by atoms with van der Waals surface area (Å²) < 4.78 is 6.96. The predicted molar refractivity (Wildman–Crippen MR) is 133 cm³/mol. The maximum atomic E-state index is 13.6. The fourth-order valence-electron chi connectivity index (χ4n) is 5.81. The number of rotatable bonds is 5. The second kappa shape index (κ2) is 10.4. The van der Waals surface area contributed by atoms with Crippen LogP contribution in [-0.4, -0.2) is 51.7 Å². The van der Waals surface area contributed by atoms with E-state index in [1.165, 1.54) is 11.1 Å². The number of hydrogen-bond donors (Lipinski definition) is 3. The van der Waals surface area contributed by atoms with Crippen LogP contribution in [0.15, 0.2) is 24.4 Å². The molecule has 2 aromatic heterocycles. The Hall–Kier alpha value is -3.27. The van der Waals surface area contributed by atoms with Crippen molar-refractivity contribution in [1.29, 1.82) is 0 Å². The van der Waals surface area contributed by atoms with Crippen molar-refractivity contribution in [3.05, 3.63) is 35.7 Å². The van der Waals surface area contributed by atoms with Gasteiger partial charge in [0.15, 0.2) is 0 Å². The Balaban J connectivity index is 1.36. The number of anilines is 2. The molecule has 2 fully saturated rings. The molecular weight excluding hydrogens is 460 g/mol. The Morgan fingerprint density at radius 1 is 1.11 bits per heavy atom. The number of carbonyl (C=O) groups is 3. The van der Waals surface area contributed by atoms with Gasteiger partial charge >= 0.3 is 0 Å². The zero-order valence-corrected chi connectivity index (χ0v) is 20.7. The lowest BCUT2D eigenvalue weighted by Crippen LogP contribution is -2.49. The normalized spacial score (nSPS) is 20.6. The van der Waals surface area contributed by atoms with Crippen molar-refractivity contribution in [1.82, 2.24) is 20.1 Å². The van der Waals surface area contributed by atoms with E-state index >= 15 is 0 Å². The van der Waals surface area contributed by atoms with Gasteiger partial charge in [0.05, 0.1) is 5.41 Å². The third kappa shape index (κ3) is 4.74. The van der Waals surface area contributed by atoms with Gasteiger partial charge in [0, 0.05) is 32.0 Å². The standard InChI is InChI=1S/C26H34N6O4/c1-32-19(11-14-27-32)23(33)30-21(17-7-5-3-2-4-6-8-17)24(34)29-20-10-9-18-22(28-20)31-25(35)26(18)12-15-36-16-13-26/h9-11,14,17,21H,2-8,12-13,15-16H2,1H3,(H,30,33)(H2,28,29,31,34,35). The van der Waals surface area contributed by atoms with Gasteiger partial charge in [0.1, 0.15) is 23.4 Å². The topological polar surface area (TPSA) is 127 Å². The molecule has 3 N–H and O–H groups in total. The highest BCUT2D eigenvalue weighted by Crippen LogP contribution is 2.44. The zero-order chi connectivity index (χ0) is 25.1. The first kappa shape index (κ1) is 24.4. The number of carbonyl (C=O) groups excluding carboxylic acids is 3. The van der Waals surface area contributed by atoms with E-state index in [0.29, 0.717) is 43.4 Å². The molecule has 0 bridgehead atoms. The van der Waals surface area contributed by atoms with E-state index in [2.05, 4.69) is 26.0 Å². The van der Waals surface area contributed by atoms with Crippen molar-refractivity contribution in [3.63, 3.8) is 0 Å². The first-order chi connectivity index (χ1) is 17.5. The Morgan fingerprint density at radius 2 is 1.83 bits per heavy atom. The molecule has 1 aliphatic carbocycles. The molecule has 192 valence electrons. The molecular formula is C26H34N6O4. The summed E-state index contributed by atoms with van der Waals surface area (Å²) in [6.45, 7) is 1.07. The van der Waals surface area contributed by atoms with E-state index in [9.17, 15) is 14.4 Å². The Morgan fingerprint density at radius 3 is 2.53 bits per heavy atom. The molecule has 1 saturated carbocycles. The maximum absolute atomic E-state index is 13.6. The van der Waals surface area contributed by atoms with E-state index in [1.54, 1.807) is 25.4 Å². The van der Waals surface area contributed by atoms with Gasteiger partial charge in [-0.2, -0.15) is 5.10 Å². The Labute approximate surface area is 210 Å². The molecule has 3 amide bonds. The Kier molecular flexibility index (Phi) is 7.04. The van der Waals surface area contributed by atoms with E-state index in [-0.39, 0.29) is 23.6 Å². The molecule has 0 aromatic carbocycles. The lowest BCUT2D eigenvalue weighted by atomic mass is 9.76. The van der Waals surface area contributed by atoms with Crippen LogP contribution in [0, 0.1) is 5.92 Å². The van der Waals surface area contributed by atoms with E-state index in [0.717, 1.165) is 44.1 Å². The van der Waals surface area contributed by atoms with Crippen molar-refractivity contribution in [2.24, 2.45) is 13.0 Å². The molecule has 0 radical (unpaired) electrons. The largest absolute Gasteiger partial charge is 0.381 e. The first-order valence-electron chi connectivity index (χ1n) is 13.0. The maximum Gasteiger partial charge on any atom is 0.270 e. The molecule has 1 spiro atoms. The number of amides is 3. The minimum absolute atomic E-state index is 0.0297. The Bertz CT molecular complexity index is 1130. The molecule has 1 atom stereocenters. The van der Waals surface area contributed by atoms with Crippen molar-refractivity contribution in [2.75, 3.05) is 23.8 Å². The average Bonchev–Trinajstić information content (AvgIpc) is 3.39. The molecule has 10 nitrogen and oxygen atoms in total. The first-order valence-corrected chi connectivity index (χ1v) is 13.0. The molecule has 2 aliphatic heterocycles. The second-order valence-electron chi connectivity index (χ2n) is 10.1. The van der Waals surface area contributed by atoms with Crippen LogP contribution < -0.4 is 16.0 Å². The number of hydrogen-bond acceptors (Lipinski definition) is 6. The van der Waals surface area contributed by atoms with Crippen LogP contribution in [0.3, 0.4) is 0 Å². The lowest BCUT2D eigenvalue weighted by Gasteiger charge is -2.31. The number of pyridine rings is 1. The molecule has 1 saturated heterocycles. The van der Waals surface area contributed by atoms with Gasteiger partial charge < -0.3 is 20.7 Å². The van der Waals surface area contributed by atoms with Gasteiger partial charge in [0.2, 0.25) is 11.8 Å². The fraction of sp³-hybridized carbons (Fsp3) is 0.577. The molecule has 4 heterocycles. The van der Waals surface area contributed by atoms with Crippen LogP contribution in [0.5, 0.6) is 0 Å². The van der Waals surface area contributed by atoms with E-state index in [4.69, 9.17) is 4.74 Å². The number of nitrogens with one attached hydrogen (secondary N) is 3. The minimum atomic E-state index is -0.697. The number of aromatic nitrogens is 3. The summed E-state index contributed by atoms with van der Waals surface area (Å²) in [5.41, 5.74) is 0.648. The second-order valence-corrected chi connectivity index (χ2v) is 10.1. The van der Waals surface area contributed by atoms with Crippen molar-refractivity contribution >= 4 is 29.4 Å². The van der Waals surface area contributed by atoms with Crippen molar-refractivity contribution < 1.29 is 19.1 Å². The van der Waals surface area contributed by atoms with E-state index < -0.39 is 11.5 Å². The summed E-state index contributed by atoms with van der Waals surface area (Å²) >= 11 is 0. The number of ether oxygens (including phenoxy) is 1. The summed E-state index contributed by atoms with van der Waals surface area (Å²) in [6.07, 6.45) is 10.1. The quantitative estimate of drug-likeness (QED) is 0.587. The van der Waals surface area contributed by atoms with Crippen LogP contribution in [0.2, 0.25) is 0 Å². The van der Waals surface area contributed by atoms with Crippen LogP contribution in [0.25, 0.3) is 0 Å². The predicted octanol–water partition coefficient (Wildman–Crippen LogP) is 2.91. The van der Waals surface area contributed by atoms with Crippen molar-refractivity contribution in [3.8, 4) is 0 Å². The van der Waals surface area contributed by atoms with E-state index in [1.807, 2.05) is 6.07 Å². The summed E-state index contributed by atoms with van der Waals surface area (Å²) in [5.74, 6) is 0.186. The van der Waals surface area contributed by atoms with Crippen LogP contribution >= 0.6 is 0 Å². The molecule has 5 rings (SSSR count). The zero-order valence-electron chi connectivity index (χ0n) is 20.7. The number of aryl methyl sites for hydroxylation is 1. The van der Waals surface area contributed by atoms with Gasteiger partial charge in [-0.05, 0) is 43.7 Å². The molecule has 1 unspecified atom stereocenters.